The number of rotatable bonds is 6. The van der Waals surface area contributed by atoms with Gasteiger partial charge in [-0.1, -0.05) is 30.3 Å². The van der Waals surface area contributed by atoms with E-state index in [1.807, 2.05) is 56.3 Å². The average molecular weight is 482 g/mol. The zero-order valence-electron chi connectivity index (χ0n) is 17.5. The van der Waals surface area contributed by atoms with Crippen molar-refractivity contribution in [1.29, 1.82) is 0 Å². The number of para-hydroxylation sites is 1. The molecule has 31 heavy (non-hydrogen) atoms. The van der Waals surface area contributed by atoms with Crippen LogP contribution in [-0.2, 0) is 4.79 Å². The number of halogens is 1. The molecular formula is C24H24BrN3O3. The van der Waals surface area contributed by atoms with Crippen LogP contribution >= 0.6 is 15.9 Å². The number of hydrogen-bond acceptors (Lipinski definition) is 3. The van der Waals surface area contributed by atoms with Gasteiger partial charge in [-0.05, 0) is 84.2 Å². The highest BCUT2D eigenvalue weighted by atomic mass is 79.9. The van der Waals surface area contributed by atoms with Crippen LogP contribution in [0.5, 0.6) is 5.75 Å². The molecule has 0 radical (unpaired) electrons. The van der Waals surface area contributed by atoms with Gasteiger partial charge in [0, 0.05) is 17.1 Å². The Morgan fingerprint density at radius 3 is 2.29 bits per heavy atom. The Morgan fingerprint density at radius 1 is 0.871 bits per heavy atom. The van der Waals surface area contributed by atoms with Crippen molar-refractivity contribution in [3.8, 4) is 5.75 Å². The average Bonchev–Trinajstić information content (AvgIpc) is 2.73. The van der Waals surface area contributed by atoms with E-state index in [2.05, 4.69) is 31.9 Å². The van der Waals surface area contributed by atoms with E-state index in [0.29, 0.717) is 22.8 Å². The molecule has 6 nitrogen and oxygen atoms in total. The fraction of sp³-hybridized carbons (Fsp3) is 0.167. The second-order valence-electron chi connectivity index (χ2n) is 7.16. The molecule has 0 bridgehead atoms. The van der Waals surface area contributed by atoms with Gasteiger partial charge in [-0.3, -0.25) is 4.79 Å². The summed E-state index contributed by atoms with van der Waals surface area (Å²) in [6.07, 6.45) is -0.712. The number of aryl methyl sites for hydroxylation is 2. The molecule has 1 unspecified atom stereocenters. The SMILES string of the molecule is Cc1ccc(OC(C)C(=O)Nc2cc(NC(=O)Nc3ccccc3)ccc2C)c(Br)c1. The molecule has 0 spiro atoms. The molecule has 0 heterocycles. The smallest absolute Gasteiger partial charge is 0.323 e. The number of carbonyl (C=O) groups is 2. The van der Waals surface area contributed by atoms with Crippen LogP contribution < -0.4 is 20.7 Å². The third-order valence-electron chi connectivity index (χ3n) is 4.55. The third kappa shape index (κ3) is 6.33. The molecule has 160 valence electrons. The Kier molecular flexibility index (Phi) is 7.31. The Balaban J connectivity index is 1.64. The number of hydrogen-bond donors (Lipinski definition) is 3. The molecule has 0 saturated heterocycles. The summed E-state index contributed by atoms with van der Waals surface area (Å²) in [5.41, 5.74) is 3.80. The largest absolute Gasteiger partial charge is 0.480 e. The topological polar surface area (TPSA) is 79.5 Å². The monoisotopic (exact) mass is 481 g/mol. The van der Waals surface area contributed by atoms with E-state index >= 15 is 0 Å². The van der Waals surface area contributed by atoms with Crippen molar-refractivity contribution < 1.29 is 14.3 Å². The molecule has 0 saturated carbocycles. The van der Waals surface area contributed by atoms with E-state index in [1.54, 1.807) is 31.2 Å². The minimum absolute atomic E-state index is 0.290. The lowest BCUT2D eigenvalue weighted by molar-refractivity contribution is -0.122. The zero-order chi connectivity index (χ0) is 22.4. The summed E-state index contributed by atoms with van der Waals surface area (Å²) >= 11 is 3.46. The second-order valence-corrected chi connectivity index (χ2v) is 8.01. The van der Waals surface area contributed by atoms with Gasteiger partial charge in [0.25, 0.3) is 5.91 Å². The number of ether oxygens (including phenoxy) is 1. The summed E-state index contributed by atoms with van der Waals surface area (Å²) < 4.78 is 6.59. The molecule has 3 aromatic rings. The fourth-order valence-electron chi connectivity index (χ4n) is 2.83. The summed E-state index contributed by atoms with van der Waals surface area (Å²) in [5, 5.41) is 8.41. The first-order chi connectivity index (χ1) is 14.8. The predicted molar refractivity (Wildman–Crippen MR) is 128 cm³/mol. The van der Waals surface area contributed by atoms with E-state index < -0.39 is 6.10 Å². The number of nitrogens with one attached hydrogen (secondary N) is 3. The lowest BCUT2D eigenvalue weighted by Crippen LogP contribution is -2.30. The Labute approximate surface area is 190 Å². The van der Waals surface area contributed by atoms with E-state index in [0.717, 1.165) is 15.6 Å². The molecule has 3 rings (SSSR count). The van der Waals surface area contributed by atoms with Crippen molar-refractivity contribution in [2.75, 3.05) is 16.0 Å². The number of carbonyl (C=O) groups excluding carboxylic acids is 2. The lowest BCUT2D eigenvalue weighted by atomic mass is 10.1. The maximum atomic E-state index is 12.7. The van der Waals surface area contributed by atoms with Crippen molar-refractivity contribution in [2.24, 2.45) is 0 Å². The van der Waals surface area contributed by atoms with Gasteiger partial charge in [-0.15, -0.1) is 0 Å². The van der Waals surface area contributed by atoms with E-state index in [9.17, 15) is 9.59 Å². The summed E-state index contributed by atoms with van der Waals surface area (Å²) in [6, 6.07) is 19.8. The molecule has 0 fully saturated rings. The van der Waals surface area contributed by atoms with Crippen molar-refractivity contribution >= 4 is 44.9 Å². The summed E-state index contributed by atoms with van der Waals surface area (Å²) in [5.74, 6) is 0.305. The first kappa shape index (κ1) is 22.4. The maximum absolute atomic E-state index is 12.7. The summed E-state index contributed by atoms with van der Waals surface area (Å²) in [4.78, 5) is 24.9. The predicted octanol–water partition coefficient (Wildman–Crippen LogP) is 6.12. The lowest BCUT2D eigenvalue weighted by Gasteiger charge is -2.17. The van der Waals surface area contributed by atoms with Gasteiger partial charge in [0.15, 0.2) is 6.10 Å². The van der Waals surface area contributed by atoms with Crippen LogP contribution in [0.15, 0.2) is 71.2 Å². The molecule has 0 aliphatic rings. The zero-order valence-corrected chi connectivity index (χ0v) is 19.1. The number of amides is 3. The van der Waals surface area contributed by atoms with Crippen LogP contribution in [0.2, 0.25) is 0 Å². The Morgan fingerprint density at radius 2 is 1.58 bits per heavy atom. The van der Waals surface area contributed by atoms with Crippen molar-refractivity contribution in [1.82, 2.24) is 0 Å². The molecule has 3 N–H and O–H groups in total. The normalized spacial score (nSPS) is 11.4. The van der Waals surface area contributed by atoms with Gasteiger partial charge in [0.2, 0.25) is 0 Å². The van der Waals surface area contributed by atoms with E-state index in [4.69, 9.17) is 4.74 Å². The molecule has 0 aromatic heterocycles. The van der Waals surface area contributed by atoms with Gasteiger partial charge in [0.1, 0.15) is 5.75 Å². The first-order valence-corrected chi connectivity index (χ1v) is 10.6. The van der Waals surface area contributed by atoms with E-state index in [-0.39, 0.29) is 11.9 Å². The maximum Gasteiger partial charge on any atom is 0.323 e. The van der Waals surface area contributed by atoms with Crippen molar-refractivity contribution in [3.05, 3.63) is 82.3 Å². The van der Waals surface area contributed by atoms with Gasteiger partial charge in [0.05, 0.1) is 4.47 Å². The van der Waals surface area contributed by atoms with Gasteiger partial charge >= 0.3 is 6.03 Å². The fourth-order valence-corrected chi connectivity index (χ4v) is 3.42. The number of anilines is 3. The minimum atomic E-state index is -0.712. The van der Waals surface area contributed by atoms with Crippen molar-refractivity contribution in [3.63, 3.8) is 0 Å². The molecular weight excluding hydrogens is 458 g/mol. The minimum Gasteiger partial charge on any atom is -0.480 e. The number of benzene rings is 3. The molecule has 7 heteroatoms. The van der Waals surface area contributed by atoms with Crippen LogP contribution in [0.25, 0.3) is 0 Å². The van der Waals surface area contributed by atoms with Crippen molar-refractivity contribution in [2.45, 2.75) is 26.9 Å². The molecule has 3 amide bonds. The standard InChI is InChI=1S/C24H24BrN3O3/c1-15-9-12-22(20(25)13-15)31-17(3)23(29)28-21-14-19(11-10-16(21)2)27-24(30)26-18-7-5-4-6-8-18/h4-14,17H,1-3H3,(H,28,29)(H2,26,27,30). The van der Waals surface area contributed by atoms with Crippen LogP contribution in [0.3, 0.4) is 0 Å². The summed E-state index contributed by atoms with van der Waals surface area (Å²) in [6.45, 7) is 5.55. The molecule has 0 aliphatic heterocycles. The van der Waals surface area contributed by atoms with E-state index in [1.165, 1.54) is 0 Å². The van der Waals surface area contributed by atoms with Gasteiger partial charge in [-0.2, -0.15) is 0 Å². The highest BCUT2D eigenvalue weighted by Crippen LogP contribution is 2.27. The first-order valence-electron chi connectivity index (χ1n) is 9.79. The van der Waals surface area contributed by atoms with Gasteiger partial charge in [-0.25, -0.2) is 4.79 Å². The van der Waals surface area contributed by atoms with Gasteiger partial charge < -0.3 is 20.7 Å². The van der Waals surface area contributed by atoms with Crippen LogP contribution in [0.1, 0.15) is 18.1 Å². The number of urea groups is 1. The highest BCUT2D eigenvalue weighted by Gasteiger charge is 2.17. The molecule has 1 atom stereocenters. The highest BCUT2D eigenvalue weighted by molar-refractivity contribution is 9.10. The molecule has 3 aromatic carbocycles. The third-order valence-corrected chi connectivity index (χ3v) is 5.17. The molecule has 0 aliphatic carbocycles. The summed E-state index contributed by atoms with van der Waals surface area (Å²) in [7, 11) is 0. The Hall–Kier alpha value is -3.32. The van der Waals surface area contributed by atoms with Crippen LogP contribution in [0.4, 0.5) is 21.9 Å². The van der Waals surface area contributed by atoms with Crippen LogP contribution in [0, 0.1) is 13.8 Å². The quantitative estimate of drug-likeness (QED) is 0.396. The Bertz CT molecular complexity index is 1090. The van der Waals surface area contributed by atoms with Crippen LogP contribution in [-0.4, -0.2) is 18.0 Å². The second kappa shape index (κ2) is 10.1.